The monoisotopic (exact) mass is 455 g/mol. The number of fused-ring (bicyclic) bond motifs is 1. The minimum atomic E-state index is -4.86. The molecule has 0 aromatic heterocycles. The van der Waals surface area contributed by atoms with E-state index in [1.165, 1.54) is 13.0 Å². The average molecular weight is 455 g/mol. The fraction of sp³-hybridized carbons (Fsp3) is 0.571. The van der Waals surface area contributed by atoms with Gasteiger partial charge < -0.3 is 14.9 Å². The molecule has 3 N–H and O–H groups in total. The van der Waals surface area contributed by atoms with Gasteiger partial charge in [-0.15, -0.1) is 0 Å². The van der Waals surface area contributed by atoms with E-state index in [1.54, 1.807) is 13.8 Å². The highest BCUT2D eigenvalue weighted by atomic mass is 19.4. The van der Waals surface area contributed by atoms with Crippen LogP contribution in [0, 0.1) is 29.1 Å². The van der Waals surface area contributed by atoms with E-state index in [1.807, 2.05) is 0 Å². The zero-order valence-electron chi connectivity index (χ0n) is 17.7. The van der Waals surface area contributed by atoms with Gasteiger partial charge in [0.25, 0.3) is 0 Å². The summed E-state index contributed by atoms with van der Waals surface area (Å²) >= 11 is 0. The lowest BCUT2D eigenvalue weighted by atomic mass is 9.65. The summed E-state index contributed by atoms with van der Waals surface area (Å²) in [5.74, 6) is -4.29. The number of nitriles is 1. The smallest absolute Gasteiger partial charge is 0.387 e. The largest absolute Gasteiger partial charge is 0.417 e. The van der Waals surface area contributed by atoms with Crippen molar-refractivity contribution in [3.8, 4) is 6.07 Å². The summed E-state index contributed by atoms with van der Waals surface area (Å²) in [6, 6.07) is 4.05. The first-order valence-corrected chi connectivity index (χ1v) is 10.1. The number of nitrogens with one attached hydrogen (secondary N) is 1. The van der Waals surface area contributed by atoms with Gasteiger partial charge in [-0.2, -0.15) is 18.4 Å². The number of hydrogen-bond acceptors (Lipinski definition) is 7. The Hall–Kier alpha value is -2.52. The topological polar surface area (TPSA) is 123 Å². The Morgan fingerprint density at radius 3 is 2.59 bits per heavy atom. The molecule has 1 saturated heterocycles. The quantitative estimate of drug-likeness (QED) is 0.457. The van der Waals surface area contributed by atoms with Gasteiger partial charge >= 0.3 is 6.18 Å². The van der Waals surface area contributed by atoms with E-state index in [-0.39, 0.29) is 12.1 Å². The van der Waals surface area contributed by atoms with Crippen molar-refractivity contribution in [1.82, 2.24) is 5.32 Å². The van der Waals surface area contributed by atoms with Crippen LogP contribution in [0.5, 0.6) is 0 Å². The van der Waals surface area contributed by atoms with Gasteiger partial charge in [0.1, 0.15) is 5.60 Å². The molecule has 1 saturated carbocycles. The molecule has 1 aliphatic heterocycles. The third-order valence-corrected chi connectivity index (χ3v) is 6.19. The van der Waals surface area contributed by atoms with Crippen LogP contribution < -0.4 is 10.2 Å². The number of rotatable bonds is 5. The van der Waals surface area contributed by atoms with Crippen LogP contribution >= 0.6 is 0 Å². The molecule has 8 nitrogen and oxygen atoms in total. The fourth-order valence-corrected chi connectivity index (χ4v) is 4.63. The molecule has 6 atom stereocenters. The van der Waals surface area contributed by atoms with E-state index in [9.17, 15) is 33.0 Å². The van der Waals surface area contributed by atoms with Crippen molar-refractivity contribution in [3.63, 3.8) is 0 Å². The lowest BCUT2D eigenvalue weighted by Gasteiger charge is -2.45. The van der Waals surface area contributed by atoms with Crippen molar-refractivity contribution >= 4 is 17.5 Å². The molecule has 11 heteroatoms. The van der Waals surface area contributed by atoms with E-state index < -0.39 is 65.0 Å². The highest BCUT2D eigenvalue weighted by molar-refractivity contribution is 6.22. The molecule has 3 rings (SSSR count). The van der Waals surface area contributed by atoms with E-state index in [0.717, 1.165) is 12.1 Å². The number of aliphatic hydroxyl groups excluding tert-OH is 1. The van der Waals surface area contributed by atoms with Crippen LogP contribution in [-0.2, 0) is 20.5 Å². The molecule has 1 heterocycles. The number of amides is 2. The molecular weight excluding hydrogens is 431 g/mol. The van der Waals surface area contributed by atoms with Crippen LogP contribution in [0.15, 0.2) is 18.2 Å². The van der Waals surface area contributed by atoms with Gasteiger partial charge in [-0.25, -0.2) is 4.90 Å². The number of nitrogens with zero attached hydrogens (tertiary/aromatic N) is 2. The molecule has 0 radical (unpaired) electrons. The molecule has 2 amide bonds. The van der Waals surface area contributed by atoms with Crippen molar-refractivity contribution in [2.75, 3.05) is 11.4 Å². The van der Waals surface area contributed by atoms with Crippen molar-refractivity contribution in [2.45, 2.75) is 51.5 Å². The lowest BCUT2D eigenvalue weighted by Crippen LogP contribution is -2.59. The Labute approximate surface area is 182 Å². The molecule has 1 aliphatic carbocycles. The number of carbonyl (C=O) groups excluding carboxylic acids is 2. The number of benzene rings is 1. The van der Waals surface area contributed by atoms with Crippen molar-refractivity contribution < 1.29 is 37.7 Å². The second-order valence-electron chi connectivity index (χ2n) is 8.33. The highest BCUT2D eigenvalue weighted by Gasteiger charge is 2.63. The Kier molecular flexibility index (Phi) is 6.36. The summed E-state index contributed by atoms with van der Waals surface area (Å²) in [6.07, 6.45) is -7.13. The van der Waals surface area contributed by atoms with Gasteiger partial charge in [-0.3, -0.25) is 14.9 Å². The fourth-order valence-electron chi connectivity index (χ4n) is 4.63. The van der Waals surface area contributed by atoms with E-state index >= 15 is 0 Å². The summed E-state index contributed by atoms with van der Waals surface area (Å²) in [4.78, 5) is 27.0. The van der Waals surface area contributed by atoms with Crippen LogP contribution in [0.4, 0.5) is 18.9 Å². The second kappa shape index (κ2) is 8.44. The molecule has 1 aromatic carbocycles. The van der Waals surface area contributed by atoms with Crippen molar-refractivity contribution in [2.24, 2.45) is 17.8 Å². The third kappa shape index (κ3) is 3.99. The minimum absolute atomic E-state index is 0.144. The predicted molar refractivity (Wildman–Crippen MR) is 105 cm³/mol. The van der Waals surface area contributed by atoms with Crippen LogP contribution in [0.3, 0.4) is 0 Å². The molecule has 3 unspecified atom stereocenters. The number of hydrogen-bond donors (Lipinski definition) is 3. The Balaban J connectivity index is 2.00. The maximum atomic E-state index is 13.4. The molecule has 2 fully saturated rings. The van der Waals surface area contributed by atoms with Crippen LogP contribution in [-0.4, -0.2) is 46.7 Å². The lowest BCUT2D eigenvalue weighted by molar-refractivity contribution is -0.235. The van der Waals surface area contributed by atoms with E-state index in [2.05, 4.69) is 5.32 Å². The predicted octanol–water partition coefficient (Wildman–Crippen LogP) is 1.74. The number of anilines is 1. The maximum absolute atomic E-state index is 13.4. The normalized spacial score (nSPS) is 31.4. The Morgan fingerprint density at radius 1 is 1.38 bits per heavy atom. The number of ether oxygens (including phenoxy) is 1. The summed E-state index contributed by atoms with van der Waals surface area (Å²) in [6.45, 7) is 5.10. The van der Waals surface area contributed by atoms with Gasteiger partial charge in [0.05, 0.1) is 40.8 Å². The van der Waals surface area contributed by atoms with Crippen molar-refractivity contribution in [1.29, 1.82) is 5.26 Å². The number of imide groups is 1. The van der Waals surface area contributed by atoms with Crippen LogP contribution in [0.1, 0.15) is 38.3 Å². The number of aliphatic hydroxyl groups is 2. The first-order valence-electron chi connectivity index (χ1n) is 10.1. The molecule has 32 heavy (non-hydrogen) atoms. The Bertz CT molecular complexity index is 959. The molecule has 174 valence electrons. The molecule has 0 spiro atoms. The first-order chi connectivity index (χ1) is 14.8. The van der Waals surface area contributed by atoms with Crippen LogP contribution in [0.2, 0.25) is 0 Å². The third-order valence-electron chi connectivity index (χ3n) is 6.19. The van der Waals surface area contributed by atoms with Gasteiger partial charge in [0, 0.05) is 0 Å². The van der Waals surface area contributed by atoms with Crippen molar-refractivity contribution in [3.05, 3.63) is 29.3 Å². The minimum Gasteiger partial charge on any atom is -0.387 e. The number of alkyl halides is 3. The standard InChI is InChI=1S/C21H24F3N3O5/c1-4-26-19(30)32-14-7-10(2)15-16(20(14,3)31)18(29)27(17(15)28)12-6-5-11(9-25)13(8-12)21(22,23)24/h5-6,8,10,14-16,19,26,30-31H,4,7H2,1-3H3/t10?,14-,15+,16-,19?,20?/m0/s1. The molecule has 1 aromatic rings. The second-order valence-corrected chi connectivity index (χ2v) is 8.33. The SMILES string of the molecule is CCNC(O)O[C@H]1CC(C)[C@H]2C(=O)N(c3ccc(C#N)c(C(F)(F)F)c3)C(=O)[C@H]2C1(C)O. The zero-order chi connectivity index (χ0) is 24.0. The number of halogens is 3. The van der Waals surface area contributed by atoms with Gasteiger partial charge in [0.2, 0.25) is 18.2 Å². The Morgan fingerprint density at radius 2 is 2.03 bits per heavy atom. The summed E-state index contributed by atoms with van der Waals surface area (Å²) in [7, 11) is 0. The summed E-state index contributed by atoms with van der Waals surface area (Å²) in [5.41, 5.74) is -4.09. The van der Waals surface area contributed by atoms with E-state index in [0.29, 0.717) is 17.5 Å². The average Bonchev–Trinajstić information content (AvgIpc) is 2.97. The van der Waals surface area contributed by atoms with Gasteiger partial charge in [-0.1, -0.05) is 13.8 Å². The van der Waals surface area contributed by atoms with Gasteiger partial charge in [-0.05, 0) is 44.0 Å². The maximum Gasteiger partial charge on any atom is 0.417 e. The molecular formula is C21H24F3N3O5. The van der Waals surface area contributed by atoms with E-state index in [4.69, 9.17) is 10.00 Å². The number of carbonyl (C=O) groups is 2. The molecule has 0 bridgehead atoms. The molecule has 2 aliphatic rings. The van der Waals surface area contributed by atoms with Gasteiger partial charge in [0.15, 0.2) is 0 Å². The highest BCUT2D eigenvalue weighted by Crippen LogP contribution is 2.49. The first kappa shape index (κ1) is 24.1. The zero-order valence-corrected chi connectivity index (χ0v) is 17.7. The van der Waals surface area contributed by atoms with Crippen LogP contribution in [0.25, 0.3) is 0 Å². The summed E-state index contributed by atoms with van der Waals surface area (Å²) in [5, 5.41) is 32.7. The summed E-state index contributed by atoms with van der Waals surface area (Å²) < 4.78 is 45.6.